The highest BCUT2D eigenvalue weighted by molar-refractivity contribution is 7.13. The van der Waals surface area contributed by atoms with Gasteiger partial charge < -0.3 is 10.5 Å². The normalized spacial score (nSPS) is 10.7. The van der Waals surface area contributed by atoms with E-state index in [9.17, 15) is 0 Å². The molecule has 2 heterocycles. The van der Waals surface area contributed by atoms with E-state index in [4.69, 9.17) is 22.1 Å². The second-order valence-electron chi connectivity index (χ2n) is 4.18. The molecular weight excluding hydrogens is 294 g/mol. The Morgan fingerprint density at radius 1 is 1.35 bits per heavy atom. The first kappa shape index (κ1) is 13.0. The fourth-order valence-electron chi connectivity index (χ4n) is 2.10. The third-order valence-electron chi connectivity index (χ3n) is 2.99. The number of nitrogens with two attached hydrogens (primary N) is 1. The number of nitrogen functional groups attached to an aromatic ring is 1. The number of anilines is 1. The van der Waals surface area contributed by atoms with Gasteiger partial charge in [-0.05, 0) is 29.6 Å². The van der Waals surface area contributed by atoms with Crippen LogP contribution in [0.2, 0.25) is 5.02 Å². The van der Waals surface area contributed by atoms with Crippen LogP contribution < -0.4 is 10.5 Å². The Kier molecular flexibility index (Phi) is 3.38. The number of nitrogens with one attached hydrogen (secondary N) is 1. The number of halogens is 1. The van der Waals surface area contributed by atoms with Crippen molar-refractivity contribution in [3.8, 4) is 27.4 Å². The highest BCUT2D eigenvalue weighted by atomic mass is 35.5. The minimum absolute atomic E-state index is 0.462. The smallest absolute Gasteiger partial charge is 0.154 e. The average molecular weight is 306 g/mol. The van der Waals surface area contributed by atoms with E-state index < -0.39 is 0 Å². The van der Waals surface area contributed by atoms with Crippen LogP contribution in [0.5, 0.6) is 5.75 Å². The molecule has 0 amide bonds. The number of thiophene rings is 1. The lowest BCUT2D eigenvalue weighted by atomic mass is 10.1. The molecule has 6 heteroatoms. The SMILES string of the molecule is COc1ccc(Cl)cc1-c1[nH]nc(N)c1-c1cccs1. The Labute approximate surface area is 125 Å². The average Bonchev–Trinajstić information content (AvgIpc) is 3.07. The summed E-state index contributed by atoms with van der Waals surface area (Å²) in [5.41, 5.74) is 8.52. The van der Waals surface area contributed by atoms with E-state index >= 15 is 0 Å². The van der Waals surface area contributed by atoms with Crippen molar-refractivity contribution < 1.29 is 4.74 Å². The van der Waals surface area contributed by atoms with Gasteiger partial charge >= 0.3 is 0 Å². The molecule has 0 radical (unpaired) electrons. The van der Waals surface area contributed by atoms with E-state index in [1.807, 2.05) is 29.6 Å². The van der Waals surface area contributed by atoms with Gasteiger partial charge in [0.2, 0.25) is 0 Å². The second kappa shape index (κ2) is 5.19. The van der Waals surface area contributed by atoms with Crippen molar-refractivity contribution in [3.63, 3.8) is 0 Å². The lowest BCUT2D eigenvalue weighted by Gasteiger charge is -2.09. The third-order valence-corrected chi connectivity index (χ3v) is 4.12. The van der Waals surface area contributed by atoms with Crippen molar-refractivity contribution in [3.05, 3.63) is 40.7 Å². The van der Waals surface area contributed by atoms with Crippen LogP contribution in [0, 0.1) is 0 Å². The van der Waals surface area contributed by atoms with Crippen molar-refractivity contribution >= 4 is 28.8 Å². The van der Waals surface area contributed by atoms with Crippen LogP contribution >= 0.6 is 22.9 Å². The van der Waals surface area contributed by atoms with Crippen molar-refractivity contribution in [2.75, 3.05) is 12.8 Å². The number of hydrogen-bond acceptors (Lipinski definition) is 4. The number of H-pyrrole nitrogens is 1. The van der Waals surface area contributed by atoms with Gasteiger partial charge in [0.05, 0.1) is 18.4 Å². The lowest BCUT2D eigenvalue weighted by Crippen LogP contribution is -1.90. The monoisotopic (exact) mass is 305 g/mol. The van der Waals surface area contributed by atoms with Crippen molar-refractivity contribution in [2.45, 2.75) is 0 Å². The van der Waals surface area contributed by atoms with Crippen molar-refractivity contribution in [1.29, 1.82) is 0 Å². The first-order valence-corrected chi connectivity index (χ1v) is 7.18. The Hall–Kier alpha value is -1.98. The maximum atomic E-state index is 6.09. The van der Waals surface area contributed by atoms with E-state index in [0.717, 1.165) is 27.4 Å². The molecule has 102 valence electrons. The first-order valence-electron chi connectivity index (χ1n) is 5.92. The fraction of sp³-hybridized carbons (Fsp3) is 0.0714. The first-order chi connectivity index (χ1) is 9.70. The lowest BCUT2D eigenvalue weighted by molar-refractivity contribution is 0.416. The number of hydrogen-bond donors (Lipinski definition) is 2. The Balaban J connectivity index is 2.24. The number of aromatic nitrogens is 2. The summed E-state index contributed by atoms with van der Waals surface area (Å²) in [5, 5.41) is 9.72. The van der Waals surface area contributed by atoms with E-state index in [-0.39, 0.29) is 0 Å². The molecule has 0 fully saturated rings. The predicted molar refractivity (Wildman–Crippen MR) is 83.3 cm³/mol. The maximum Gasteiger partial charge on any atom is 0.154 e. The molecule has 0 aliphatic heterocycles. The molecular formula is C14H12ClN3OS. The molecule has 0 unspecified atom stereocenters. The molecule has 0 saturated heterocycles. The quantitative estimate of drug-likeness (QED) is 0.767. The van der Waals surface area contributed by atoms with Gasteiger partial charge in [-0.15, -0.1) is 11.3 Å². The molecule has 3 rings (SSSR count). The molecule has 3 aromatic rings. The molecule has 20 heavy (non-hydrogen) atoms. The van der Waals surface area contributed by atoms with Crippen LogP contribution in [0.25, 0.3) is 21.7 Å². The van der Waals surface area contributed by atoms with Gasteiger partial charge in [0.25, 0.3) is 0 Å². The largest absolute Gasteiger partial charge is 0.496 e. The molecule has 3 N–H and O–H groups in total. The minimum atomic E-state index is 0.462. The minimum Gasteiger partial charge on any atom is -0.496 e. The van der Waals surface area contributed by atoms with Gasteiger partial charge in [-0.1, -0.05) is 17.7 Å². The third kappa shape index (κ3) is 2.15. The Morgan fingerprint density at radius 2 is 2.20 bits per heavy atom. The van der Waals surface area contributed by atoms with Gasteiger partial charge in [-0.2, -0.15) is 5.10 Å². The number of rotatable bonds is 3. The summed E-state index contributed by atoms with van der Waals surface area (Å²) in [4.78, 5) is 1.05. The number of benzene rings is 1. The molecule has 0 spiro atoms. The summed E-state index contributed by atoms with van der Waals surface area (Å²) < 4.78 is 5.39. The van der Waals surface area contributed by atoms with Crippen molar-refractivity contribution in [2.24, 2.45) is 0 Å². The summed E-state index contributed by atoms with van der Waals surface area (Å²) in [6.07, 6.45) is 0. The Morgan fingerprint density at radius 3 is 2.90 bits per heavy atom. The highest BCUT2D eigenvalue weighted by Gasteiger charge is 2.18. The topological polar surface area (TPSA) is 63.9 Å². The highest BCUT2D eigenvalue weighted by Crippen LogP contribution is 2.41. The summed E-state index contributed by atoms with van der Waals surface area (Å²) >= 11 is 7.70. The molecule has 0 saturated carbocycles. The molecule has 0 atom stereocenters. The van der Waals surface area contributed by atoms with Crippen molar-refractivity contribution in [1.82, 2.24) is 10.2 Å². The second-order valence-corrected chi connectivity index (χ2v) is 5.56. The zero-order chi connectivity index (χ0) is 14.1. The van der Waals surface area contributed by atoms with Crippen LogP contribution in [-0.2, 0) is 0 Å². The molecule has 1 aromatic carbocycles. The number of ether oxygens (including phenoxy) is 1. The van der Waals surface area contributed by atoms with Crippen LogP contribution in [0.3, 0.4) is 0 Å². The standard InChI is InChI=1S/C14H12ClN3OS/c1-19-10-5-4-8(15)7-9(10)13-12(14(16)18-17-13)11-3-2-6-20-11/h2-7H,1H3,(H3,16,17,18). The summed E-state index contributed by atoms with van der Waals surface area (Å²) in [5.74, 6) is 1.18. The van der Waals surface area contributed by atoms with Gasteiger partial charge in [0.1, 0.15) is 5.75 Å². The molecule has 0 aliphatic rings. The van der Waals surface area contributed by atoms with Crippen LogP contribution in [-0.4, -0.2) is 17.3 Å². The summed E-state index contributed by atoms with van der Waals surface area (Å²) in [6.45, 7) is 0. The molecule has 0 bridgehead atoms. The van der Waals surface area contributed by atoms with E-state index in [2.05, 4.69) is 10.2 Å². The van der Waals surface area contributed by atoms with E-state index in [1.165, 1.54) is 0 Å². The van der Waals surface area contributed by atoms with Gasteiger partial charge in [-0.3, -0.25) is 5.10 Å². The van der Waals surface area contributed by atoms with Crippen LogP contribution in [0.4, 0.5) is 5.82 Å². The number of methoxy groups -OCH3 is 1. The zero-order valence-corrected chi connectivity index (χ0v) is 12.3. The number of nitrogens with zero attached hydrogens (tertiary/aromatic N) is 1. The maximum absolute atomic E-state index is 6.09. The summed E-state index contributed by atoms with van der Waals surface area (Å²) in [7, 11) is 1.62. The fourth-order valence-corrected chi connectivity index (χ4v) is 3.05. The Bertz CT molecular complexity index is 737. The number of aromatic amines is 1. The van der Waals surface area contributed by atoms with Gasteiger partial charge in [0, 0.05) is 15.5 Å². The van der Waals surface area contributed by atoms with Gasteiger partial charge in [0.15, 0.2) is 5.82 Å². The zero-order valence-electron chi connectivity index (χ0n) is 10.7. The molecule has 2 aromatic heterocycles. The summed E-state index contributed by atoms with van der Waals surface area (Å²) in [6, 6.07) is 9.43. The van der Waals surface area contributed by atoms with E-state index in [1.54, 1.807) is 24.5 Å². The van der Waals surface area contributed by atoms with Crippen LogP contribution in [0.15, 0.2) is 35.7 Å². The molecule has 0 aliphatic carbocycles. The predicted octanol–water partition coefficient (Wildman–Crippen LogP) is 4.05. The van der Waals surface area contributed by atoms with Gasteiger partial charge in [-0.25, -0.2) is 0 Å². The molecule has 4 nitrogen and oxygen atoms in total. The van der Waals surface area contributed by atoms with E-state index in [0.29, 0.717) is 10.8 Å². The van der Waals surface area contributed by atoms with Crippen LogP contribution in [0.1, 0.15) is 0 Å².